The van der Waals surface area contributed by atoms with Crippen molar-refractivity contribution in [1.29, 1.82) is 0 Å². The summed E-state index contributed by atoms with van der Waals surface area (Å²) in [6.07, 6.45) is 3.27. The SMILES string of the molecule is CCOc1ccc(Br)cc1C=CC(=O)Nc1cc(C)cc(C)c1. The summed E-state index contributed by atoms with van der Waals surface area (Å²) in [7, 11) is 0. The molecule has 2 rings (SSSR count). The summed E-state index contributed by atoms with van der Waals surface area (Å²) < 4.78 is 6.51. The van der Waals surface area contributed by atoms with Crippen molar-refractivity contribution >= 4 is 33.6 Å². The fraction of sp³-hybridized carbons (Fsp3) is 0.211. The third kappa shape index (κ3) is 5.25. The number of halogens is 1. The first-order chi connectivity index (χ1) is 11.0. The number of carbonyl (C=O) groups excluding carboxylic acids is 1. The molecule has 0 saturated heterocycles. The number of aryl methyl sites for hydroxylation is 2. The number of rotatable bonds is 5. The minimum Gasteiger partial charge on any atom is -0.493 e. The zero-order chi connectivity index (χ0) is 16.8. The molecule has 2 aromatic rings. The zero-order valence-corrected chi connectivity index (χ0v) is 15.1. The van der Waals surface area contributed by atoms with Gasteiger partial charge in [0.15, 0.2) is 0 Å². The maximum Gasteiger partial charge on any atom is 0.248 e. The van der Waals surface area contributed by atoms with Crippen LogP contribution in [-0.4, -0.2) is 12.5 Å². The van der Waals surface area contributed by atoms with Gasteiger partial charge in [-0.1, -0.05) is 22.0 Å². The number of amides is 1. The molecule has 4 heteroatoms. The van der Waals surface area contributed by atoms with Gasteiger partial charge in [-0.3, -0.25) is 4.79 Å². The number of benzene rings is 2. The highest BCUT2D eigenvalue weighted by atomic mass is 79.9. The topological polar surface area (TPSA) is 38.3 Å². The van der Waals surface area contributed by atoms with Crippen LogP contribution >= 0.6 is 15.9 Å². The van der Waals surface area contributed by atoms with Gasteiger partial charge in [-0.15, -0.1) is 0 Å². The van der Waals surface area contributed by atoms with Crippen molar-refractivity contribution in [3.8, 4) is 5.75 Å². The van der Waals surface area contributed by atoms with Gasteiger partial charge in [-0.2, -0.15) is 0 Å². The Labute approximate surface area is 145 Å². The van der Waals surface area contributed by atoms with Crippen molar-refractivity contribution in [2.45, 2.75) is 20.8 Å². The highest BCUT2D eigenvalue weighted by molar-refractivity contribution is 9.10. The molecule has 0 aromatic heterocycles. The van der Waals surface area contributed by atoms with E-state index in [-0.39, 0.29) is 5.91 Å². The van der Waals surface area contributed by atoms with E-state index in [2.05, 4.69) is 27.3 Å². The molecule has 0 spiro atoms. The van der Waals surface area contributed by atoms with E-state index in [9.17, 15) is 4.79 Å². The van der Waals surface area contributed by atoms with Gasteiger partial charge < -0.3 is 10.1 Å². The molecule has 0 heterocycles. The van der Waals surface area contributed by atoms with Crippen molar-refractivity contribution in [2.24, 2.45) is 0 Å². The molecule has 0 bridgehead atoms. The number of ether oxygens (including phenoxy) is 1. The summed E-state index contributed by atoms with van der Waals surface area (Å²) in [6.45, 7) is 6.53. The quantitative estimate of drug-likeness (QED) is 0.738. The molecular formula is C19H20BrNO2. The fourth-order valence-corrected chi connectivity index (χ4v) is 2.71. The van der Waals surface area contributed by atoms with E-state index in [1.54, 1.807) is 6.08 Å². The summed E-state index contributed by atoms with van der Waals surface area (Å²) in [5.74, 6) is 0.587. The smallest absolute Gasteiger partial charge is 0.248 e. The largest absolute Gasteiger partial charge is 0.493 e. The van der Waals surface area contributed by atoms with Crippen LogP contribution in [0.4, 0.5) is 5.69 Å². The number of hydrogen-bond acceptors (Lipinski definition) is 2. The third-order valence-electron chi connectivity index (χ3n) is 3.18. The molecular weight excluding hydrogens is 354 g/mol. The molecule has 0 saturated carbocycles. The van der Waals surface area contributed by atoms with Crippen LogP contribution in [0.3, 0.4) is 0 Å². The molecule has 1 N–H and O–H groups in total. The summed E-state index contributed by atoms with van der Waals surface area (Å²) >= 11 is 3.43. The van der Waals surface area contributed by atoms with Crippen LogP contribution in [0.15, 0.2) is 46.9 Å². The Bertz CT molecular complexity index is 718. The highest BCUT2D eigenvalue weighted by Gasteiger charge is 2.03. The Morgan fingerprint density at radius 3 is 2.52 bits per heavy atom. The maximum atomic E-state index is 12.1. The van der Waals surface area contributed by atoms with Crippen LogP contribution in [0.1, 0.15) is 23.6 Å². The van der Waals surface area contributed by atoms with Crippen molar-refractivity contribution in [1.82, 2.24) is 0 Å². The lowest BCUT2D eigenvalue weighted by molar-refractivity contribution is -0.111. The second-order valence-corrected chi connectivity index (χ2v) is 6.23. The Balaban J connectivity index is 2.13. The van der Waals surface area contributed by atoms with Crippen molar-refractivity contribution in [3.05, 3.63) is 63.6 Å². The van der Waals surface area contributed by atoms with Gasteiger partial charge in [-0.25, -0.2) is 0 Å². The van der Waals surface area contributed by atoms with E-state index in [4.69, 9.17) is 4.74 Å². The number of anilines is 1. The Kier molecular flexibility index (Phi) is 5.99. The first kappa shape index (κ1) is 17.3. The van der Waals surface area contributed by atoms with Gasteiger partial charge in [-0.05, 0) is 68.3 Å². The van der Waals surface area contributed by atoms with E-state index in [1.165, 1.54) is 6.08 Å². The zero-order valence-electron chi connectivity index (χ0n) is 13.5. The Morgan fingerprint density at radius 2 is 1.87 bits per heavy atom. The lowest BCUT2D eigenvalue weighted by atomic mass is 10.1. The molecule has 0 radical (unpaired) electrons. The summed E-state index contributed by atoms with van der Waals surface area (Å²) in [6, 6.07) is 11.7. The second kappa shape index (κ2) is 7.97. The molecule has 0 aliphatic heterocycles. The Hall–Kier alpha value is -2.07. The van der Waals surface area contributed by atoms with Crippen LogP contribution in [0, 0.1) is 13.8 Å². The van der Waals surface area contributed by atoms with E-state index in [0.717, 1.165) is 32.6 Å². The summed E-state index contributed by atoms with van der Waals surface area (Å²) in [5, 5.41) is 2.88. The molecule has 0 unspecified atom stereocenters. The molecule has 0 atom stereocenters. The summed E-state index contributed by atoms with van der Waals surface area (Å²) in [4.78, 5) is 12.1. The molecule has 3 nitrogen and oxygen atoms in total. The van der Waals surface area contributed by atoms with Gasteiger partial charge in [0.2, 0.25) is 5.91 Å². The third-order valence-corrected chi connectivity index (χ3v) is 3.67. The van der Waals surface area contributed by atoms with Gasteiger partial charge in [0.1, 0.15) is 5.75 Å². The molecule has 23 heavy (non-hydrogen) atoms. The second-order valence-electron chi connectivity index (χ2n) is 5.31. The monoisotopic (exact) mass is 373 g/mol. The lowest BCUT2D eigenvalue weighted by Crippen LogP contribution is -2.08. The maximum absolute atomic E-state index is 12.1. The van der Waals surface area contributed by atoms with Crippen LogP contribution in [0.5, 0.6) is 5.75 Å². The van der Waals surface area contributed by atoms with Crippen molar-refractivity contribution < 1.29 is 9.53 Å². The van der Waals surface area contributed by atoms with E-state index >= 15 is 0 Å². The number of carbonyl (C=O) groups is 1. The molecule has 0 fully saturated rings. The van der Waals surface area contributed by atoms with Gasteiger partial charge in [0.05, 0.1) is 6.61 Å². The number of nitrogens with one attached hydrogen (secondary N) is 1. The first-order valence-electron chi connectivity index (χ1n) is 7.47. The van der Waals surface area contributed by atoms with E-state index in [1.807, 2.05) is 51.1 Å². The molecule has 2 aromatic carbocycles. The fourth-order valence-electron chi connectivity index (χ4n) is 2.33. The standard InChI is InChI=1S/C19H20BrNO2/c1-4-23-18-7-6-16(20)12-15(18)5-8-19(22)21-17-10-13(2)9-14(3)11-17/h5-12H,4H2,1-3H3,(H,21,22). The van der Waals surface area contributed by atoms with Gasteiger partial charge in [0, 0.05) is 21.8 Å². The minimum atomic E-state index is -0.169. The van der Waals surface area contributed by atoms with Crippen molar-refractivity contribution in [2.75, 3.05) is 11.9 Å². The van der Waals surface area contributed by atoms with Crippen LogP contribution < -0.4 is 10.1 Å². The van der Waals surface area contributed by atoms with Crippen LogP contribution in [-0.2, 0) is 4.79 Å². The van der Waals surface area contributed by atoms with Crippen LogP contribution in [0.2, 0.25) is 0 Å². The number of hydrogen-bond donors (Lipinski definition) is 1. The molecule has 0 aliphatic rings. The van der Waals surface area contributed by atoms with Crippen molar-refractivity contribution in [3.63, 3.8) is 0 Å². The highest BCUT2D eigenvalue weighted by Crippen LogP contribution is 2.24. The average Bonchev–Trinajstić information content (AvgIpc) is 2.46. The van der Waals surface area contributed by atoms with Gasteiger partial charge >= 0.3 is 0 Å². The minimum absolute atomic E-state index is 0.169. The van der Waals surface area contributed by atoms with E-state index < -0.39 is 0 Å². The first-order valence-corrected chi connectivity index (χ1v) is 8.27. The average molecular weight is 374 g/mol. The molecule has 120 valence electrons. The van der Waals surface area contributed by atoms with Crippen LogP contribution in [0.25, 0.3) is 6.08 Å². The summed E-state index contributed by atoms with van der Waals surface area (Å²) in [5.41, 5.74) is 3.90. The predicted octanol–water partition coefficient (Wildman–Crippen LogP) is 5.12. The predicted molar refractivity (Wildman–Crippen MR) is 98.9 cm³/mol. The van der Waals surface area contributed by atoms with Gasteiger partial charge in [0.25, 0.3) is 0 Å². The van der Waals surface area contributed by atoms with E-state index in [0.29, 0.717) is 6.61 Å². The molecule has 1 amide bonds. The Morgan fingerprint density at radius 1 is 1.17 bits per heavy atom. The lowest BCUT2D eigenvalue weighted by Gasteiger charge is -2.08. The normalized spacial score (nSPS) is 10.8. The molecule has 0 aliphatic carbocycles.